The van der Waals surface area contributed by atoms with Crippen molar-refractivity contribution in [3.63, 3.8) is 0 Å². The zero-order valence-electron chi connectivity index (χ0n) is 12.0. The molecule has 0 saturated carbocycles. The number of rotatable bonds is 5. The first-order chi connectivity index (χ1) is 10.1. The molecular formula is C15H21F2N3O. The summed E-state index contributed by atoms with van der Waals surface area (Å²) in [5.74, 6) is -2.30. The number of carbonyl (C=O) groups excluding carboxylic acids is 1. The Morgan fingerprint density at radius 1 is 1.19 bits per heavy atom. The molecule has 6 heteroatoms. The molecule has 1 aliphatic rings. The highest BCUT2D eigenvalue weighted by Gasteiger charge is 2.15. The third kappa shape index (κ3) is 4.39. The van der Waals surface area contributed by atoms with Crippen molar-refractivity contribution in [1.82, 2.24) is 10.2 Å². The highest BCUT2D eigenvalue weighted by molar-refractivity contribution is 5.95. The van der Waals surface area contributed by atoms with Crippen LogP contribution in [0.4, 0.5) is 14.5 Å². The van der Waals surface area contributed by atoms with E-state index >= 15 is 0 Å². The Balaban J connectivity index is 1.78. The van der Waals surface area contributed by atoms with E-state index in [0.29, 0.717) is 12.6 Å². The fraction of sp³-hybridized carbons (Fsp3) is 0.533. The molecule has 0 bridgehead atoms. The molecule has 2 rings (SSSR count). The molecule has 4 nitrogen and oxygen atoms in total. The largest absolute Gasteiger partial charge is 0.396 e. The second-order valence-electron chi connectivity index (χ2n) is 5.37. The van der Waals surface area contributed by atoms with Gasteiger partial charge in [0.25, 0.3) is 5.91 Å². The smallest absolute Gasteiger partial charge is 0.254 e. The van der Waals surface area contributed by atoms with Crippen molar-refractivity contribution in [1.29, 1.82) is 0 Å². The number of benzene rings is 1. The van der Waals surface area contributed by atoms with Crippen molar-refractivity contribution in [3.8, 4) is 0 Å². The fourth-order valence-electron chi connectivity index (χ4n) is 2.52. The van der Waals surface area contributed by atoms with Gasteiger partial charge in [-0.2, -0.15) is 0 Å². The monoisotopic (exact) mass is 297 g/mol. The number of piperidine rings is 1. The second kappa shape index (κ2) is 7.36. The lowest BCUT2D eigenvalue weighted by atomic mass is 10.1. The maximum Gasteiger partial charge on any atom is 0.254 e. The summed E-state index contributed by atoms with van der Waals surface area (Å²) in [6.07, 6.45) is 4.56. The van der Waals surface area contributed by atoms with E-state index in [4.69, 9.17) is 5.73 Å². The van der Waals surface area contributed by atoms with E-state index in [-0.39, 0.29) is 11.3 Å². The van der Waals surface area contributed by atoms with E-state index in [1.807, 2.05) is 0 Å². The van der Waals surface area contributed by atoms with Gasteiger partial charge in [0.15, 0.2) is 0 Å². The maximum atomic E-state index is 13.5. The van der Waals surface area contributed by atoms with Crippen molar-refractivity contribution in [2.75, 3.05) is 31.9 Å². The van der Waals surface area contributed by atoms with Crippen LogP contribution in [-0.2, 0) is 0 Å². The van der Waals surface area contributed by atoms with Gasteiger partial charge in [-0.25, -0.2) is 8.78 Å². The first-order valence-electron chi connectivity index (χ1n) is 7.33. The molecule has 116 valence electrons. The first kappa shape index (κ1) is 15.7. The van der Waals surface area contributed by atoms with Gasteiger partial charge >= 0.3 is 0 Å². The van der Waals surface area contributed by atoms with Gasteiger partial charge < -0.3 is 16.0 Å². The normalized spacial score (nSPS) is 15.9. The zero-order valence-corrected chi connectivity index (χ0v) is 12.0. The summed E-state index contributed by atoms with van der Waals surface area (Å²) in [6, 6.07) is 1.67. The number of hydrogen-bond acceptors (Lipinski definition) is 3. The van der Waals surface area contributed by atoms with Crippen molar-refractivity contribution in [2.45, 2.75) is 25.7 Å². The molecule has 0 aliphatic carbocycles. The molecule has 0 unspecified atom stereocenters. The molecule has 21 heavy (non-hydrogen) atoms. The van der Waals surface area contributed by atoms with E-state index < -0.39 is 17.5 Å². The van der Waals surface area contributed by atoms with Crippen LogP contribution in [0.3, 0.4) is 0 Å². The van der Waals surface area contributed by atoms with E-state index in [9.17, 15) is 13.6 Å². The first-order valence-corrected chi connectivity index (χ1v) is 7.33. The fourth-order valence-corrected chi connectivity index (χ4v) is 2.52. The Bertz CT molecular complexity index is 502. The summed E-state index contributed by atoms with van der Waals surface area (Å²) in [4.78, 5) is 14.2. The lowest BCUT2D eigenvalue weighted by Crippen LogP contribution is -2.33. The molecule has 1 saturated heterocycles. The van der Waals surface area contributed by atoms with Gasteiger partial charge in [0.05, 0.1) is 11.3 Å². The molecule has 0 spiro atoms. The number of hydrogen-bond donors (Lipinski definition) is 2. The SMILES string of the molecule is Nc1cc(C(=O)NCCCN2CCCCC2)c(F)cc1F. The molecule has 1 aromatic carbocycles. The number of likely N-dealkylation sites (tertiary alicyclic amines) is 1. The third-order valence-electron chi connectivity index (χ3n) is 3.72. The van der Waals surface area contributed by atoms with Gasteiger partial charge in [-0.15, -0.1) is 0 Å². The summed E-state index contributed by atoms with van der Waals surface area (Å²) >= 11 is 0. The van der Waals surface area contributed by atoms with Crippen LogP contribution in [0.15, 0.2) is 12.1 Å². The van der Waals surface area contributed by atoms with Crippen LogP contribution in [0.1, 0.15) is 36.0 Å². The van der Waals surface area contributed by atoms with Crippen LogP contribution in [0.2, 0.25) is 0 Å². The van der Waals surface area contributed by atoms with Gasteiger partial charge in [-0.05, 0) is 45.0 Å². The van der Waals surface area contributed by atoms with Crippen molar-refractivity contribution in [2.24, 2.45) is 0 Å². The van der Waals surface area contributed by atoms with E-state index in [0.717, 1.165) is 32.1 Å². The Morgan fingerprint density at radius 3 is 2.62 bits per heavy atom. The predicted molar refractivity (Wildman–Crippen MR) is 78.0 cm³/mol. The summed E-state index contributed by atoms with van der Waals surface area (Å²) in [7, 11) is 0. The van der Waals surface area contributed by atoms with E-state index in [2.05, 4.69) is 10.2 Å². The predicted octanol–water partition coefficient (Wildman–Crippen LogP) is 2.15. The Hall–Kier alpha value is -1.69. The lowest BCUT2D eigenvalue weighted by molar-refractivity contribution is 0.0947. The standard InChI is InChI=1S/C15H21F2N3O/c16-12-10-13(17)14(18)9-11(12)15(21)19-5-4-8-20-6-2-1-3-7-20/h9-10H,1-8,18H2,(H,19,21). The molecule has 1 aliphatic heterocycles. The Kier molecular flexibility index (Phi) is 5.50. The van der Waals surface area contributed by atoms with E-state index in [1.165, 1.54) is 19.3 Å². The molecule has 1 fully saturated rings. The minimum atomic E-state index is -0.893. The minimum Gasteiger partial charge on any atom is -0.396 e. The molecule has 1 amide bonds. The van der Waals surface area contributed by atoms with Crippen LogP contribution >= 0.6 is 0 Å². The average molecular weight is 297 g/mol. The highest BCUT2D eigenvalue weighted by atomic mass is 19.1. The molecule has 0 atom stereocenters. The van der Waals surface area contributed by atoms with Gasteiger partial charge in [0.1, 0.15) is 11.6 Å². The molecule has 1 heterocycles. The minimum absolute atomic E-state index is 0.216. The van der Waals surface area contributed by atoms with Crippen LogP contribution in [0.5, 0.6) is 0 Å². The molecule has 3 N–H and O–H groups in total. The molecule has 0 aromatic heterocycles. The molecular weight excluding hydrogens is 276 g/mol. The number of anilines is 1. The number of nitrogens with one attached hydrogen (secondary N) is 1. The van der Waals surface area contributed by atoms with Gasteiger partial charge in [-0.3, -0.25) is 4.79 Å². The van der Waals surface area contributed by atoms with Gasteiger partial charge in [-0.1, -0.05) is 6.42 Å². The van der Waals surface area contributed by atoms with Crippen molar-refractivity contribution < 1.29 is 13.6 Å². The average Bonchev–Trinajstić information content (AvgIpc) is 2.48. The summed E-state index contributed by atoms with van der Waals surface area (Å²) in [5.41, 5.74) is 4.91. The van der Waals surface area contributed by atoms with E-state index in [1.54, 1.807) is 0 Å². The van der Waals surface area contributed by atoms with Crippen LogP contribution in [0, 0.1) is 11.6 Å². The van der Waals surface area contributed by atoms with Crippen molar-refractivity contribution in [3.05, 3.63) is 29.3 Å². The lowest BCUT2D eigenvalue weighted by Gasteiger charge is -2.26. The Morgan fingerprint density at radius 2 is 1.90 bits per heavy atom. The van der Waals surface area contributed by atoms with Gasteiger partial charge in [0.2, 0.25) is 0 Å². The second-order valence-corrected chi connectivity index (χ2v) is 5.37. The number of nitrogen functional groups attached to an aromatic ring is 1. The number of carbonyl (C=O) groups is 1. The van der Waals surface area contributed by atoms with Crippen LogP contribution < -0.4 is 11.1 Å². The molecule has 1 aromatic rings. The zero-order chi connectivity index (χ0) is 15.2. The van der Waals surface area contributed by atoms with Crippen LogP contribution in [-0.4, -0.2) is 37.0 Å². The van der Waals surface area contributed by atoms with Crippen molar-refractivity contribution >= 4 is 11.6 Å². The summed E-state index contributed by atoms with van der Waals surface area (Å²) in [5, 5.41) is 2.64. The number of amides is 1. The topological polar surface area (TPSA) is 58.4 Å². The summed E-state index contributed by atoms with van der Waals surface area (Å²) in [6.45, 7) is 3.61. The molecule has 0 radical (unpaired) electrons. The number of nitrogens with two attached hydrogens (primary N) is 1. The number of nitrogens with zero attached hydrogens (tertiary/aromatic N) is 1. The highest BCUT2D eigenvalue weighted by Crippen LogP contribution is 2.16. The summed E-state index contributed by atoms with van der Waals surface area (Å²) < 4.78 is 26.5. The Labute approximate surface area is 123 Å². The number of halogens is 2. The van der Waals surface area contributed by atoms with Crippen LogP contribution in [0.25, 0.3) is 0 Å². The quantitative estimate of drug-likeness (QED) is 0.647. The third-order valence-corrected chi connectivity index (χ3v) is 3.72. The van der Waals surface area contributed by atoms with Gasteiger partial charge in [0, 0.05) is 12.6 Å². The maximum absolute atomic E-state index is 13.5.